The normalized spacial score (nSPS) is 12.5. The van der Waals surface area contributed by atoms with Gasteiger partial charge in [-0.05, 0) is 54.0 Å². The molecule has 1 unspecified atom stereocenters. The summed E-state index contributed by atoms with van der Waals surface area (Å²) in [5.41, 5.74) is 6.26. The van der Waals surface area contributed by atoms with E-state index in [-0.39, 0.29) is 5.41 Å². The van der Waals surface area contributed by atoms with Gasteiger partial charge >= 0.3 is 0 Å². The molecule has 0 aliphatic carbocycles. The lowest BCUT2D eigenvalue weighted by molar-refractivity contribution is 0.0661. The summed E-state index contributed by atoms with van der Waals surface area (Å²) < 4.78 is 12.9. The first-order valence-corrected chi connectivity index (χ1v) is 15.5. The summed E-state index contributed by atoms with van der Waals surface area (Å²) in [5.74, 6) is 1.68. The fraction of sp³-hybridized carbons (Fsp3) is 0.350. The van der Waals surface area contributed by atoms with Crippen LogP contribution in [0.4, 0.5) is 0 Å². The second kappa shape index (κ2) is 15.4. The van der Waals surface area contributed by atoms with Crippen molar-refractivity contribution in [1.82, 2.24) is 0 Å². The van der Waals surface area contributed by atoms with Crippen molar-refractivity contribution < 1.29 is 9.47 Å². The Morgan fingerprint density at radius 3 is 1.88 bits per heavy atom. The molecule has 0 fully saturated rings. The van der Waals surface area contributed by atoms with Crippen molar-refractivity contribution in [3.63, 3.8) is 0 Å². The van der Waals surface area contributed by atoms with Gasteiger partial charge in [-0.3, -0.25) is 0 Å². The van der Waals surface area contributed by atoms with Crippen LogP contribution < -0.4 is 4.74 Å². The maximum Gasteiger partial charge on any atom is 0.184 e. The van der Waals surface area contributed by atoms with Crippen molar-refractivity contribution in [2.45, 2.75) is 85.2 Å². The molecule has 4 rings (SSSR count). The van der Waals surface area contributed by atoms with Gasteiger partial charge in [0.1, 0.15) is 5.75 Å². The second-order valence-electron chi connectivity index (χ2n) is 11.7. The molecule has 0 saturated heterocycles. The van der Waals surface area contributed by atoms with E-state index < -0.39 is 5.60 Å². The van der Waals surface area contributed by atoms with Crippen molar-refractivity contribution >= 4 is 0 Å². The predicted molar refractivity (Wildman–Crippen MR) is 179 cm³/mol. The molecule has 2 nitrogen and oxygen atoms in total. The van der Waals surface area contributed by atoms with E-state index in [2.05, 4.69) is 144 Å². The Bertz CT molecular complexity index is 1360. The first kappa shape index (κ1) is 32.7. The van der Waals surface area contributed by atoms with Gasteiger partial charge < -0.3 is 9.47 Å². The molecule has 0 amide bonds. The maximum atomic E-state index is 7.09. The van der Waals surface area contributed by atoms with Crippen LogP contribution in [-0.4, -0.2) is 6.61 Å². The number of hydrogen-bond acceptors (Lipinski definition) is 2. The highest BCUT2D eigenvalue weighted by atomic mass is 16.5. The first-order chi connectivity index (χ1) is 20.2. The Morgan fingerprint density at radius 2 is 1.29 bits per heavy atom. The van der Waals surface area contributed by atoms with E-state index in [9.17, 15) is 0 Å². The van der Waals surface area contributed by atoms with Crippen molar-refractivity contribution in [2.75, 3.05) is 6.61 Å². The van der Waals surface area contributed by atoms with E-state index in [0.29, 0.717) is 0 Å². The lowest BCUT2D eigenvalue weighted by Gasteiger charge is -2.38. The van der Waals surface area contributed by atoms with Gasteiger partial charge in [0.2, 0.25) is 0 Å². The smallest absolute Gasteiger partial charge is 0.184 e. The molecule has 4 aromatic rings. The van der Waals surface area contributed by atoms with E-state index in [1.165, 1.54) is 16.7 Å². The summed E-state index contributed by atoms with van der Waals surface area (Å²) in [6.45, 7) is 20.3. The second-order valence-corrected chi connectivity index (χ2v) is 11.7. The molecule has 0 saturated carbocycles. The van der Waals surface area contributed by atoms with Gasteiger partial charge in [-0.15, -0.1) is 0 Å². The summed E-state index contributed by atoms with van der Waals surface area (Å²) in [4.78, 5) is 0. The Balaban J connectivity index is 0.00000237. The van der Waals surface area contributed by atoms with Gasteiger partial charge in [0.25, 0.3) is 0 Å². The number of unbranched alkanes of at least 4 members (excludes halogenated alkanes) is 1. The molecular weight excluding hydrogens is 512 g/mol. The fourth-order valence-electron chi connectivity index (χ4n) is 5.13. The van der Waals surface area contributed by atoms with Gasteiger partial charge in [0.05, 0.1) is 12.4 Å². The highest BCUT2D eigenvalue weighted by Gasteiger charge is 2.40. The molecule has 2 heteroatoms. The van der Waals surface area contributed by atoms with E-state index in [1.807, 2.05) is 13.8 Å². The SMILES string of the molecule is C=C(CCc1ccc(OCCCC)cc1)OC(c1ccccc1)(c1ccc(C(C)(C)C)cc1)c1ccccc1C.CC. The van der Waals surface area contributed by atoms with E-state index in [0.717, 1.165) is 60.5 Å². The molecule has 0 radical (unpaired) electrons. The topological polar surface area (TPSA) is 18.5 Å². The summed E-state index contributed by atoms with van der Waals surface area (Å²) in [7, 11) is 0. The molecule has 4 aromatic carbocycles. The van der Waals surface area contributed by atoms with Crippen molar-refractivity contribution in [3.8, 4) is 5.75 Å². The Morgan fingerprint density at radius 1 is 0.714 bits per heavy atom. The number of benzene rings is 4. The molecule has 42 heavy (non-hydrogen) atoms. The average Bonchev–Trinajstić information content (AvgIpc) is 3.01. The number of ether oxygens (including phenoxy) is 2. The van der Waals surface area contributed by atoms with Crippen LogP contribution >= 0.6 is 0 Å². The van der Waals surface area contributed by atoms with Crippen LogP contribution in [-0.2, 0) is 22.2 Å². The minimum Gasteiger partial charge on any atom is -0.494 e. The molecule has 222 valence electrons. The summed E-state index contributed by atoms with van der Waals surface area (Å²) in [5, 5.41) is 0. The number of rotatable bonds is 12. The van der Waals surface area contributed by atoms with Gasteiger partial charge in [-0.25, -0.2) is 0 Å². The van der Waals surface area contributed by atoms with Crippen molar-refractivity contribution in [1.29, 1.82) is 0 Å². The summed E-state index contributed by atoms with van der Waals surface area (Å²) in [6, 6.07) is 36.4. The molecule has 0 aromatic heterocycles. The zero-order valence-corrected chi connectivity index (χ0v) is 26.9. The van der Waals surface area contributed by atoms with E-state index in [4.69, 9.17) is 9.47 Å². The zero-order chi connectivity index (χ0) is 30.6. The third-order valence-electron chi connectivity index (χ3n) is 7.54. The van der Waals surface area contributed by atoms with Crippen LogP contribution in [0.25, 0.3) is 0 Å². The maximum absolute atomic E-state index is 7.09. The molecule has 0 heterocycles. The lowest BCUT2D eigenvalue weighted by atomic mass is 9.77. The fourth-order valence-corrected chi connectivity index (χ4v) is 5.13. The third-order valence-corrected chi connectivity index (χ3v) is 7.54. The van der Waals surface area contributed by atoms with Crippen LogP contribution in [0.1, 0.15) is 94.2 Å². The van der Waals surface area contributed by atoms with Crippen molar-refractivity contribution in [3.05, 3.63) is 149 Å². The highest BCUT2D eigenvalue weighted by molar-refractivity contribution is 5.51. The molecule has 0 N–H and O–H groups in total. The van der Waals surface area contributed by atoms with Crippen LogP contribution in [0.5, 0.6) is 5.75 Å². The number of hydrogen-bond donors (Lipinski definition) is 0. The molecular formula is C40H50O2. The van der Waals surface area contributed by atoms with E-state index in [1.54, 1.807) is 0 Å². The molecule has 1 atom stereocenters. The average molecular weight is 563 g/mol. The summed E-state index contributed by atoms with van der Waals surface area (Å²) >= 11 is 0. The van der Waals surface area contributed by atoms with Crippen LogP contribution in [0, 0.1) is 6.92 Å². The molecule has 0 bridgehead atoms. The number of allylic oxidation sites excluding steroid dienone is 1. The highest BCUT2D eigenvalue weighted by Crippen LogP contribution is 2.44. The molecule has 0 spiro atoms. The quantitative estimate of drug-likeness (QED) is 0.0971. The standard InChI is InChI=1S/C38H44O2.C2H6/c1-7-8-28-39-35-26-20-31(21-27-35)19-18-30(3)40-38(33-15-10-9-11-16-33,36-17-13-12-14-29(36)2)34-24-22-32(23-25-34)37(4,5)6;1-2/h9-17,20-27H,3,7-8,18-19,28H2,1-2,4-6H3;1-2H3. The largest absolute Gasteiger partial charge is 0.494 e. The van der Waals surface area contributed by atoms with Gasteiger partial charge in [-0.1, -0.05) is 146 Å². The van der Waals surface area contributed by atoms with Gasteiger partial charge in [-0.2, -0.15) is 0 Å². The number of aryl methyl sites for hydroxylation is 2. The van der Waals surface area contributed by atoms with Crippen LogP contribution in [0.3, 0.4) is 0 Å². The van der Waals surface area contributed by atoms with Crippen LogP contribution in [0.2, 0.25) is 0 Å². The third kappa shape index (κ3) is 8.16. The zero-order valence-electron chi connectivity index (χ0n) is 26.9. The monoisotopic (exact) mass is 562 g/mol. The molecule has 0 aliphatic rings. The lowest BCUT2D eigenvalue weighted by Crippen LogP contribution is -2.33. The van der Waals surface area contributed by atoms with Crippen LogP contribution in [0.15, 0.2) is 115 Å². The Labute approximate surface area is 255 Å². The summed E-state index contributed by atoms with van der Waals surface area (Å²) in [6.07, 6.45) is 3.77. The first-order valence-electron chi connectivity index (χ1n) is 15.5. The van der Waals surface area contributed by atoms with E-state index >= 15 is 0 Å². The Hall–Kier alpha value is -3.78. The van der Waals surface area contributed by atoms with Gasteiger partial charge in [0.15, 0.2) is 5.60 Å². The molecule has 0 aliphatic heterocycles. The van der Waals surface area contributed by atoms with Gasteiger partial charge in [0, 0.05) is 23.1 Å². The minimum absolute atomic E-state index is 0.0671. The Kier molecular flexibility index (Phi) is 12.0. The minimum atomic E-state index is -0.822. The predicted octanol–water partition coefficient (Wildman–Crippen LogP) is 11.0. The van der Waals surface area contributed by atoms with Crippen molar-refractivity contribution in [2.24, 2.45) is 0 Å².